The summed E-state index contributed by atoms with van der Waals surface area (Å²) in [6, 6.07) is 55.6. The van der Waals surface area contributed by atoms with Crippen molar-refractivity contribution in [2.45, 2.75) is 250 Å². The Labute approximate surface area is 813 Å². The summed E-state index contributed by atoms with van der Waals surface area (Å²) in [5.41, 5.74) is 9.06. The van der Waals surface area contributed by atoms with Gasteiger partial charge in [-0.1, -0.05) is 165 Å². The van der Waals surface area contributed by atoms with E-state index in [2.05, 4.69) is 110 Å². The van der Waals surface area contributed by atoms with Crippen LogP contribution in [0.1, 0.15) is 257 Å². The maximum absolute atomic E-state index is 13.6. The number of nitrogens with zero attached hydrogens (tertiary/aromatic N) is 3. The van der Waals surface area contributed by atoms with Crippen molar-refractivity contribution in [1.29, 1.82) is 0 Å². The maximum Gasteiger partial charge on any atom is 0.416 e. The van der Waals surface area contributed by atoms with Gasteiger partial charge in [0.15, 0.2) is 0 Å². The van der Waals surface area contributed by atoms with Crippen LogP contribution in [0.15, 0.2) is 188 Å². The van der Waals surface area contributed by atoms with Gasteiger partial charge >= 0.3 is 24.6 Å². The molecule has 0 unspecified atom stereocenters. The number of hydrogen-bond donors (Lipinski definition) is 9. The molecule has 139 heavy (non-hydrogen) atoms. The number of fused-ring (bicyclic) bond motifs is 12. The Balaban J connectivity index is 0.000000165. The molecule has 18 rings (SSSR count). The molecule has 9 N–H and O–H groups in total. The number of alkyl carbamates (subject to hydrolysis) is 1. The highest BCUT2D eigenvalue weighted by Crippen LogP contribution is 2.57. The number of aliphatic hydroxyl groups is 2. The molecule has 6 saturated heterocycles. The number of carbonyl (C=O) groups excluding carboxylic acids is 2. The summed E-state index contributed by atoms with van der Waals surface area (Å²) in [6.07, 6.45) is -6.47. The number of ether oxygens (including phenoxy) is 6. The zero-order chi connectivity index (χ0) is 96.2. The minimum absolute atomic E-state index is 0. The number of piperidine rings is 1. The van der Waals surface area contributed by atoms with Crippen molar-refractivity contribution in [2.75, 3.05) is 126 Å². The van der Waals surface area contributed by atoms with E-state index in [1.165, 1.54) is 41.5 Å². The van der Waals surface area contributed by atoms with E-state index in [1.54, 1.807) is 39.0 Å². The number of aliphatic hydroxyl groups excluding tert-OH is 2. The number of benzene rings is 8. The first-order valence-corrected chi connectivity index (χ1v) is 48.4. The van der Waals surface area contributed by atoms with Crippen molar-refractivity contribution in [3.05, 3.63) is 261 Å². The molecule has 0 aliphatic carbocycles. The van der Waals surface area contributed by atoms with E-state index in [0.29, 0.717) is 73.0 Å². The lowest BCUT2D eigenvalue weighted by Gasteiger charge is -2.47. The minimum Gasteiger partial charge on any atom is -0.444 e. The lowest BCUT2D eigenvalue weighted by molar-refractivity contribution is -0.149. The van der Waals surface area contributed by atoms with Gasteiger partial charge in [-0.25, -0.2) is 9.18 Å². The number of likely N-dealkylation sites (tertiary alicyclic amines) is 1. The number of rotatable bonds is 21. The molecule has 10 aliphatic heterocycles. The Kier molecular flexibility index (Phi) is 37.5. The summed E-state index contributed by atoms with van der Waals surface area (Å²) in [4.78, 5) is 31.9. The molecule has 760 valence electrons. The highest BCUT2D eigenvalue weighted by Gasteiger charge is 2.50. The topological polar surface area (TPSA) is 224 Å². The minimum atomic E-state index is -4.49. The third-order valence-corrected chi connectivity index (χ3v) is 28.2. The van der Waals surface area contributed by atoms with Crippen LogP contribution >= 0.6 is 0 Å². The fourth-order valence-corrected chi connectivity index (χ4v) is 21.3. The van der Waals surface area contributed by atoms with Gasteiger partial charge in [-0.15, -0.1) is 0 Å². The van der Waals surface area contributed by atoms with Crippen molar-refractivity contribution in [3.63, 3.8) is 0 Å². The molecule has 20 nitrogen and oxygen atoms in total. The molecular formula is C109H144F10N10O10. The fourth-order valence-electron chi connectivity index (χ4n) is 21.3. The number of amides is 2. The van der Waals surface area contributed by atoms with E-state index >= 15 is 0 Å². The van der Waals surface area contributed by atoms with Crippen LogP contribution in [0.5, 0.6) is 0 Å². The van der Waals surface area contributed by atoms with E-state index < -0.39 is 65.2 Å². The number of likely N-dealkylation sites (N-methyl/N-ethyl adjacent to an activating group) is 1. The molecule has 16 atom stereocenters. The van der Waals surface area contributed by atoms with Gasteiger partial charge in [-0.3, -0.25) is 14.6 Å². The molecule has 2 amide bonds. The number of morpholine rings is 1. The molecule has 0 aromatic heterocycles. The molecule has 10 heterocycles. The Morgan fingerprint density at radius 3 is 1.27 bits per heavy atom. The molecule has 0 spiro atoms. The fraction of sp³-hybridized carbons (Fsp3) is 0.541. The molecule has 10 aliphatic rings. The third-order valence-electron chi connectivity index (χ3n) is 28.2. The molecule has 0 bridgehead atoms. The Morgan fingerprint density at radius 1 is 0.453 bits per heavy atom. The number of anilines is 4. The van der Waals surface area contributed by atoms with Gasteiger partial charge in [-0.2, -0.15) is 39.5 Å². The van der Waals surface area contributed by atoms with Crippen molar-refractivity contribution >= 4 is 34.7 Å². The Hall–Kier alpha value is -9.44. The molecule has 30 heteroatoms. The lowest BCUT2D eigenvalue weighted by atomic mass is 9.75. The quantitative estimate of drug-likeness (QED) is 0.0241. The molecule has 8 aromatic carbocycles. The number of hydrogen-bond acceptors (Lipinski definition) is 18. The summed E-state index contributed by atoms with van der Waals surface area (Å²) >= 11 is 0. The first-order chi connectivity index (χ1) is 65.1. The van der Waals surface area contributed by atoms with Gasteiger partial charge in [0, 0.05) is 134 Å². The summed E-state index contributed by atoms with van der Waals surface area (Å²) in [5, 5.41) is 41.1. The summed E-state index contributed by atoms with van der Waals surface area (Å²) in [5.74, 6) is -0.310. The van der Waals surface area contributed by atoms with Gasteiger partial charge in [0.05, 0.1) is 103 Å². The van der Waals surface area contributed by atoms with Crippen LogP contribution in [-0.4, -0.2) is 178 Å². The van der Waals surface area contributed by atoms with Crippen LogP contribution < -0.4 is 37.2 Å². The smallest absolute Gasteiger partial charge is 0.416 e. The summed E-state index contributed by atoms with van der Waals surface area (Å²) in [6.45, 7) is 25.1. The Morgan fingerprint density at radius 2 is 0.849 bits per heavy atom. The number of carbonyl (C=O) groups is 2. The van der Waals surface area contributed by atoms with Gasteiger partial charge in [0.1, 0.15) is 17.5 Å². The lowest BCUT2D eigenvalue weighted by Crippen LogP contribution is -2.50. The van der Waals surface area contributed by atoms with Gasteiger partial charge in [0.25, 0.3) is 0 Å². The van der Waals surface area contributed by atoms with Crippen LogP contribution in [0.2, 0.25) is 0 Å². The van der Waals surface area contributed by atoms with Crippen molar-refractivity contribution in [2.24, 2.45) is 23.7 Å². The molecule has 6 fully saturated rings. The SMILES string of the molecule is C.C.C.CC(C)(C)OC(=O)NCCNC(=O)[C@H]1CC[C@@H]2[C@H](O1)c1cc(C(F)(F)F)ccc1N[C@H]2c1ccccc1.CCN(CCO)C[C@H]1CC[C@@H]2[C@H](O1)c1cc(C(C)(C)C)ccc1N[C@H]2c1ccc(F)cc1.FC(F)(F)c1ccc2c(c1)[C@H]1O[C@@H](CN3CCC(N4CCOCC4)CC3)CC[C@H]1[C@H](c1ccccc1)N2.OCCCNC[C@H]1CC[C@@H]2[C@H](O1)c1cc(C(F)(F)F)ccc1N[C@H]2c1ccccc1. The molecule has 0 radical (unpaired) electrons. The first kappa shape index (κ1) is 108. The first-order valence-electron chi connectivity index (χ1n) is 48.4. The van der Waals surface area contributed by atoms with Gasteiger partial charge < -0.3 is 80.8 Å². The number of nitrogens with one attached hydrogen (secondary N) is 7. The second-order valence-electron chi connectivity index (χ2n) is 39.6. The second-order valence-corrected chi connectivity index (χ2v) is 39.6. The Bertz CT molecular complexity index is 5200. The van der Waals surface area contributed by atoms with Crippen molar-refractivity contribution < 1.29 is 92.1 Å². The number of alkyl halides is 9. The maximum atomic E-state index is 13.6. The van der Waals surface area contributed by atoms with Gasteiger partial charge in [0.2, 0.25) is 5.91 Å². The second kappa shape index (κ2) is 48.1. The van der Waals surface area contributed by atoms with Crippen molar-refractivity contribution in [3.8, 4) is 0 Å². The molecule has 8 aromatic rings. The zero-order valence-electron chi connectivity index (χ0n) is 78.6. The molecular weight excluding hydrogens is 1800 g/mol. The zero-order valence-corrected chi connectivity index (χ0v) is 78.6. The largest absolute Gasteiger partial charge is 0.444 e. The van der Waals surface area contributed by atoms with E-state index in [0.717, 1.165) is 162 Å². The standard InChI is InChI=1S/C29H36F3N3O2.C27H32F3N3O4.C27H37FN2O2.C23H27F3N2O2.3CH4/c30-29(31,32)21-6-9-26-25(18-21)28-24(27(33-26)20-4-2-1-3-5-20)8-7-23(37-28)19-34-12-10-22(11-13-34)35-14-16-36-17-15-35;1-26(2,3)37-25(35)32-14-13-31-24(34)21-12-10-18-22(16-7-5-4-6-8-16)33-20-11-9-17(27(28,29)30)15-19(20)23(18)36-21;1-5-30(14-15-31)17-21-11-12-22-25(18-6-9-20(28)10-7-18)29-24-13-8-19(27(2,3)4)16-23(24)26(22)32-21;24-23(25,26)16-7-10-20-19(13-16)22-18(21(28-20)15-5-2-1-3-6-15)9-8-17(30-22)14-27-11-4-12-29;;;/h1-6,9,18,22-24,27-28,33H,7-8,10-17,19H2;4-9,11,15,18,21-23,33H,10,12-14H2,1-3H3,(H,31,34)(H,32,35);6-10,13,16,21-22,25-26,29,31H,5,11-12,14-15,17H2,1-4H3;1-3,5-7,10,13,17-18,21-22,27-29H,4,8-9,11-12,14H2;3*1H4/t23-,24+,27+,28+;18-,21+,22-,23-;21-,22+,25+,26+;17-,18+,21+,22+;;;/m1011.../s1. The highest BCUT2D eigenvalue weighted by molar-refractivity contribution is 5.81. The van der Waals surface area contributed by atoms with E-state index in [-0.39, 0.29) is 144 Å². The third kappa shape index (κ3) is 27.5. The summed E-state index contributed by atoms with van der Waals surface area (Å²) in [7, 11) is 0. The van der Waals surface area contributed by atoms with Crippen LogP contribution in [0.25, 0.3) is 0 Å². The van der Waals surface area contributed by atoms with Crippen LogP contribution in [-0.2, 0) is 57.2 Å². The normalized spacial score (nSPS) is 25.5. The highest BCUT2D eigenvalue weighted by atomic mass is 19.4. The van der Waals surface area contributed by atoms with Crippen LogP contribution in [0, 0.1) is 29.5 Å². The predicted molar refractivity (Wildman–Crippen MR) is 525 cm³/mol. The van der Waals surface area contributed by atoms with E-state index in [9.17, 15) is 58.6 Å². The van der Waals surface area contributed by atoms with Crippen molar-refractivity contribution in [1.82, 2.24) is 30.7 Å². The van der Waals surface area contributed by atoms with E-state index in [4.69, 9.17) is 33.5 Å². The average Bonchev–Trinajstić information content (AvgIpc) is 0.767. The van der Waals surface area contributed by atoms with E-state index in [1.807, 2.05) is 91.0 Å². The van der Waals surface area contributed by atoms with Crippen LogP contribution in [0.3, 0.4) is 0 Å². The number of halogens is 10. The van der Waals surface area contributed by atoms with Crippen LogP contribution in [0.4, 0.5) is 71.4 Å². The summed E-state index contributed by atoms with van der Waals surface area (Å²) < 4.78 is 172. The average molecular weight is 1940 g/mol. The van der Waals surface area contributed by atoms with Gasteiger partial charge in [-0.05, 0) is 224 Å². The monoisotopic (exact) mass is 1940 g/mol. The predicted octanol–water partition coefficient (Wildman–Crippen LogP) is 22.9. The molecule has 0 saturated carbocycles.